The van der Waals surface area contributed by atoms with E-state index in [2.05, 4.69) is 10.6 Å². The number of anilines is 1. The molecule has 0 spiro atoms. The van der Waals surface area contributed by atoms with Crippen molar-refractivity contribution in [1.29, 1.82) is 0 Å². The summed E-state index contributed by atoms with van der Waals surface area (Å²) in [6.45, 7) is 5.30. The molecule has 8 heteroatoms. The van der Waals surface area contributed by atoms with Crippen LogP contribution in [0.15, 0.2) is 35.5 Å². The van der Waals surface area contributed by atoms with Gasteiger partial charge in [0.05, 0.1) is 23.4 Å². The van der Waals surface area contributed by atoms with Crippen molar-refractivity contribution in [1.82, 2.24) is 10.6 Å². The average Bonchev–Trinajstić information content (AvgIpc) is 2.45. The zero-order chi connectivity index (χ0) is 17.1. The molecule has 1 heterocycles. The van der Waals surface area contributed by atoms with Gasteiger partial charge in [0.2, 0.25) is 0 Å². The molecule has 124 valence electrons. The number of hydrogen-bond donors (Lipinski definition) is 3. The highest BCUT2D eigenvalue weighted by Crippen LogP contribution is 2.29. The molecule has 1 atom stereocenters. The molecule has 7 nitrogen and oxygen atoms in total. The van der Waals surface area contributed by atoms with Crippen LogP contribution in [0.4, 0.5) is 5.69 Å². The second-order valence-electron chi connectivity index (χ2n) is 5.39. The van der Waals surface area contributed by atoms with E-state index in [1.807, 2.05) is 0 Å². The van der Waals surface area contributed by atoms with Gasteiger partial charge in [-0.25, -0.2) is 4.79 Å². The van der Waals surface area contributed by atoms with Gasteiger partial charge in [-0.15, -0.1) is 0 Å². The molecule has 1 aromatic rings. The van der Waals surface area contributed by atoms with Gasteiger partial charge in [0.1, 0.15) is 0 Å². The molecule has 1 aliphatic rings. The van der Waals surface area contributed by atoms with Gasteiger partial charge in [0.15, 0.2) is 5.11 Å². The number of nitrogens with one attached hydrogen (secondary N) is 2. The molecule has 0 unspecified atom stereocenters. The summed E-state index contributed by atoms with van der Waals surface area (Å²) in [4.78, 5) is 12.4. The van der Waals surface area contributed by atoms with Crippen LogP contribution in [0.1, 0.15) is 32.4 Å². The van der Waals surface area contributed by atoms with E-state index in [9.17, 15) is 10.0 Å². The maximum atomic E-state index is 12.4. The highest BCUT2D eigenvalue weighted by molar-refractivity contribution is 7.80. The Morgan fingerprint density at radius 1 is 1.39 bits per heavy atom. The van der Waals surface area contributed by atoms with Crippen LogP contribution in [0.25, 0.3) is 0 Å². The molecule has 0 saturated heterocycles. The normalized spacial score (nSPS) is 17.7. The Bertz CT molecular complexity index is 641. The molecule has 0 saturated carbocycles. The summed E-state index contributed by atoms with van der Waals surface area (Å²) < 4.78 is 5.29. The van der Waals surface area contributed by atoms with Gasteiger partial charge in [-0.3, -0.25) is 5.21 Å². The minimum atomic E-state index is -0.497. The highest BCUT2D eigenvalue weighted by atomic mass is 32.1. The first kappa shape index (κ1) is 17.2. The minimum absolute atomic E-state index is 0.0947. The van der Waals surface area contributed by atoms with E-state index in [0.29, 0.717) is 16.4 Å². The number of nitrogens with zero attached hydrogens (tertiary/aromatic N) is 1. The van der Waals surface area contributed by atoms with Gasteiger partial charge in [-0.1, -0.05) is 12.1 Å². The van der Waals surface area contributed by atoms with Crippen molar-refractivity contribution >= 4 is 29.0 Å². The van der Waals surface area contributed by atoms with Crippen LogP contribution in [-0.4, -0.2) is 22.4 Å². The Labute approximate surface area is 139 Å². The molecule has 3 N–H and O–H groups in total. The number of rotatable bonds is 4. The van der Waals surface area contributed by atoms with E-state index in [0.717, 1.165) is 5.56 Å². The van der Waals surface area contributed by atoms with Crippen molar-refractivity contribution in [2.24, 2.45) is 0 Å². The van der Waals surface area contributed by atoms with E-state index in [1.54, 1.807) is 32.9 Å². The SMILES string of the molecule is CC1=C(C(=O)OC(C)C)[C@H](c2ccc(N([O-])O)cc2)NC(=S)N1. The van der Waals surface area contributed by atoms with Crippen molar-refractivity contribution in [2.45, 2.75) is 32.9 Å². The van der Waals surface area contributed by atoms with Crippen molar-refractivity contribution in [3.05, 3.63) is 46.3 Å². The zero-order valence-corrected chi connectivity index (χ0v) is 13.8. The largest absolute Gasteiger partial charge is 0.733 e. The summed E-state index contributed by atoms with van der Waals surface area (Å²) in [5.74, 6) is -0.443. The molecule has 2 rings (SSSR count). The first-order valence-electron chi connectivity index (χ1n) is 7.05. The maximum absolute atomic E-state index is 12.4. The van der Waals surface area contributed by atoms with Crippen LogP contribution in [0.3, 0.4) is 0 Å². The second kappa shape index (κ2) is 6.95. The van der Waals surface area contributed by atoms with Crippen molar-refractivity contribution < 1.29 is 14.7 Å². The van der Waals surface area contributed by atoms with E-state index >= 15 is 0 Å². The Balaban J connectivity index is 2.38. The summed E-state index contributed by atoms with van der Waals surface area (Å²) in [6.07, 6.45) is -0.247. The predicted octanol–water partition coefficient (Wildman–Crippen LogP) is 2.12. The number of benzene rings is 1. The maximum Gasteiger partial charge on any atom is 0.338 e. The summed E-state index contributed by atoms with van der Waals surface area (Å²) in [7, 11) is 0. The van der Waals surface area contributed by atoms with Gasteiger partial charge in [-0.05, 0) is 50.7 Å². The number of ether oxygens (including phenoxy) is 1. The van der Waals surface area contributed by atoms with E-state index in [-0.39, 0.29) is 17.0 Å². The van der Waals surface area contributed by atoms with Crippen LogP contribution < -0.4 is 15.9 Å². The smallest absolute Gasteiger partial charge is 0.338 e. The Kier molecular flexibility index (Phi) is 5.19. The van der Waals surface area contributed by atoms with Crippen molar-refractivity contribution in [3.8, 4) is 0 Å². The van der Waals surface area contributed by atoms with E-state index in [4.69, 9.17) is 22.2 Å². The van der Waals surface area contributed by atoms with E-state index in [1.165, 1.54) is 12.1 Å². The molecule has 0 aliphatic carbocycles. The number of carbonyl (C=O) groups excluding carboxylic acids is 1. The molecule has 1 aliphatic heterocycles. The minimum Gasteiger partial charge on any atom is -0.733 e. The molecule has 0 radical (unpaired) electrons. The molecule has 0 bridgehead atoms. The third kappa shape index (κ3) is 3.98. The van der Waals surface area contributed by atoms with Crippen LogP contribution in [0.2, 0.25) is 0 Å². The van der Waals surface area contributed by atoms with E-state index < -0.39 is 12.0 Å². The lowest BCUT2D eigenvalue weighted by atomic mass is 9.95. The quantitative estimate of drug-likeness (QED) is 0.437. The third-order valence-electron chi connectivity index (χ3n) is 3.28. The molecule has 23 heavy (non-hydrogen) atoms. The van der Waals surface area contributed by atoms with Crippen molar-refractivity contribution in [3.63, 3.8) is 0 Å². The lowest BCUT2D eigenvalue weighted by Gasteiger charge is -2.30. The summed E-state index contributed by atoms with van der Waals surface area (Å²) in [5, 5.41) is 25.9. The highest BCUT2D eigenvalue weighted by Gasteiger charge is 2.31. The van der Waals surface area contributed by atoms with Gasteiger partial charge < -0.3 is 25.8 Å². The molecule has 1 aromatic carbocycles. The second-order valence-corrected chi connectivity index (χ2v) is 5.80. The van der Waals surface area contributed by atoms with Crippen LogP contribution in [0, 0.1) is 5.21 Å². The predicted molar refractivity (Wildman–Crippen MR) is 89.6 cm³/mol. The lowest BCUT2D eigenvalue weighted by Crippen LogP contribution is -2.45. The fourth-order valence-corrected chi connectivity index (χ4v) is 2.56. The molecule has 0 fully saturated rings. The topological polar surface area (TPSA) is 96.9 Å². The monoisotopic (exact) mass is 336 g/mol. The lowest BCUT2D eigenvalue weighted by molar-refractivity contribution is -0.143. The van der Waals surface area contributed by atoms with Gasteiger partial charge in [0.25, 0.3) is 0 Å². The fourth-order valence-electron chi connectivity index (χ4n) is 2.29. The molecule has 0 aromatic heterocycles. The number of allylic oxidation sites excluding steroid dienone is 1. The zero-order valence-electron chi connectivity index (χ0n) is 13.0. The molecular weight excluding hydrogens is 318 g/mol. The van der Waals surface area contributed by atoms with Crippen LogP contribution in [0.5, 0.6) is 0 Å². The number of hydrogen-bond acceptors (Lipinski definition) is 6. The summed E-state index contributed by atoms with van der Waals surface area (Å²) in [6, 6.07) is 5.68. The van der Waals surface area contributed by atoms with Gasteiger partial charge >= 0.3 is 5.97 Å². The third-order valence-corrected chi connectivity index (χ3v) is 3.50. The number of thiocarbonyl (C=S) groups is 1. The molecular formula is C15H18N3O4S-. The first-order chi connectivity index (χ1) is 10.8. The number of esters is 1. The Hall–Kier alpha value is -2.16. The van der Waals surface area contributed by atoms with Gasteiger partial charge in [0, 0.05) is 5.70 Å². The Morgan fingerprint density at radius 2 is 2.00 bits per heavy atom. The van der Waals surface area contributed by atoms with Gasteiger partial charge in [-0.2, -0.15) is 0 Å². The first-order valence-corrected chi connectivity index (χ1v) is 7.45. The molecule has 0 amide bonds. The number of carbonyl (C=O) groups is 1. The fraction of sp³-hybridized carbons (Fsp3) is 0.333. The van der Waals surface area contributed by atoms with Crippen LogP contribution >= 0.6 is 12.2 Å². The average molecular weight is 336 g/mol. The Morgan fingerprint density at radius 3 is 2.52 bits per heavy atom. The summed E-state index contributed by atoms with van der Waals surface area (Å²) in [5.41, 5.74) is 1.84. The van der Waals surface area contributed by atoms with Crippen LogP contribution in [-0.2, 0) is 9.53 Å². The van der Waals surface area contributed by atoms with Crippen molar-refractivity contribution in [2.75, 3.05) is 5.23 Å². The summed E-state index contributed by atoms with van der Waals surface area (Å²) >= 11 is 5.15. The standard InChI is InChI=1S/C15H18N3O4S/c1-8(2)22-14(19)12-9(3)16-15(23)17-13(12)10-4-6-11(7-5-10)18(20)21/h4-8,13,20H,1-3H3,(H2,16,17,23)/q-1/t13-/m0/s1.